The van der Waals surface area contributed by atoms with E-state index in [-0.39, 0.29) is 11.9 Å². The van der Waals surface area contributed by atoms with Crippen molar-refractivity contribution in [3.05, 3.63) is 77.1 Å². The second kappa shape index (κ2) is 5.52. The normalized spacial score (nSPS) is 25.1. The van der Waals surface area contributed by atoms with Gasteiger partial charge in [0.05, 0.1) is 6.04 Å². The predicted molar refractivity (Wildman–Crippen MR) is 93.3 cm³/mol. The summed E-state index contributed by atoms with van der Waals surface area (Å²) in [7, 11) is 0. The van der Waals surface area contributed by atoms with Crippen LogP contribution in [-0.4, -0.2) is 0 Å². The summed E-state index contributed by atoms with van der Waals surface area (Å²) < 4.78 is 13.6. The molecule has 0 spiro atoms. The van der Waals surface area contributed by atoms with Crippen molar-refractivity contribution in [2.45, 2.75) is 38.1 Å². The van der Waals surface area contributed by atoms with E-state index in [9.17, 15) is 4.39 Å². The van der Waals surface area contributed by atoms with E-state index in [1.165, 1.54) is 11.1 Å². The highest BCUT2D eigenvalue weighted by atomic mass is 19.1. The molecule has 0 unspecified atom stereocenters. The molecule has 23 heavy (non-hydrogen) atoms. The zero-order valence-electron chi connectivity index (χ0n) is 13.6. The summed E-state index contributed by atoms with van der Waals surface area (Å²) in [5.41, 5.74) is 4.85. The molecule has 1 aliphatic heterocycles. The fourth-order valence-electron chi connectivity index (χ4n) is 3.98. The molecule has 118 valence electrons. The van der Waals surface area contributed by atoms with Gasteiger partial charge in [-0.1, -0.05) is 50.3 Å². The van der Waals surface area contributed by atoms with Crippen molar-refractivity contribution in [1.29, 1.82) is 0 Å². The summed E-state index contributed by atoms with van der Waals surface area (Å²) in [6.07, 6.45) is 5.54. The first-order valence-electron chi connectivity index (χ1n) is 8.46. The second-order valence-corrected chi connectivity index (χ2v) is 7.03. The van der Waals surface area contributed by atoms with Crippen molar-refractivity contribution in [2.75, 3.05) is 5.32 Å². The van der Waals surface area contributed by atoms with Gasteiger partial charge in [0.15, 0.2) is 0 Å². The van der Waals surface area contributed by atoms with Gasteiger partial charge in [-0.05, 0) is 53.1 Å². The smallest absolute Gasteiger partial charge is 0.123 e. The Bertz CT molecular complexity index is 745. The molecule has 2 aromatic rings. The monoisotopic (exact) mass is 307 g/mol. The fourth-order valence-corrected chi connectivity index (χ4v) is 3.98. The molecule has 2 heteroatoms. The van der Waals surface area contributed by atoms with Crippen molar-refractivity contribution in [2.24, 2.45) is 5.92 Å². The van der Waals surface area contributed by atoms with Gasteiger partial charge in [-0.25, -0.2) is 4.39 Å². The third-order valence-corrected chi connectivity index (χ3v) is 5.29. The molecule has 0 saturated carbocycles. The van der Waals surface area contributed by atoms with Crippen LogP contribution in [-0.2, 0) is 0 Å². The highest BCUT2D eigenvalue weighted by Gasteiger charge is 2.37. The van der Waals surface area contributed by atoms with Crippen LogP contribution in [0.2, 0.25) is 0 Å². The summed E-state index contributed by atoms with van der Waals surface area (Å²) in [6.45, 7) is 4.44. The topological polar surface area (TPSA) is 12.0 Å². The molecular weight excluding hydrogens is 285 g/mol. The van der Waals surface area contributed by atoms with Gasteiger partial charge in [0.1, 0.15) is 5.82 Å². The van der Waals surface area contributed by atoms with Crippen LogP contribution in [0.25, 0.3) is 0 Å². The summed E-state index contributed by atoms with van der Waals surface area (Å²) >= 11 is 0. The molecule has 1 aliphatic carbocycles. The van der Waals surface area contributed by atoms with Crippen LogP contribution in [0.3, 0.4) is 0 Å². The van der Waals surface area contributed by atoms with E-state index >= 15 is 0 Å². The first kappa shape index (κ1) is 14.5. The van der Waals surface area contributed by atoms with Gasteiger partial charge < -0.3 is 5.32 Å². The molecule has 0 aromatic heterocycles. The Hall–Kier alpha value is -2.09. The van der Waals surface area contributed by atoms with Crippen LogP contribution in [0.15, 0.2) is 54.6 Å². The van der Waals surface area contributed by atoms with Crippen molar-refractivity contribution in [3.8, 4) is 0 Å². The molecule has 0 saturated heterocycles. The lowest BCUT2D eigenvalue weighted by atomic mass is 9.77. The lowest BCUT2D eigenvalue weighted by Gasteiger charge is -2.37. The van der Waals surface area contributed by atoms with Crippen molar-refractivity contribution >= 4 is 5.69 Å². The quantitative estimate of drug-likeness (QED) is 0.694. The van der Waals surface area contributed by atoms with E-state index in [2.05, 4.69) is 55.6 Å². The maximum Gasteiger partial charge on any atom is 0.123 e. The molecule has 0 amide bonds. The number of fused-ring (bicyclic) bond motifs is 3. The van der Waals surface area contributed by atoms with Crippen molar-refractivity contribution < 1.29 is 4.39 Å². The van der Waals surface area contributed by atoms with Gasteiger partial charge in [-0.3, -0.25) is 0 Å². The van der Waals surface area contributed by atoms with Gasteiger partial charge in [-0.15, -0.1) is 0 Å². The van der Waals surface area contributed by atoms with Crippen LogP contribution in [0.1, 0.15) is 54.8 Å². The summed E-state index contributed by atoms with van der Waals surface area (Å²) in [4.78, 5) is 0. The Balaban J connectivity index is 1.71. The van der Waals surface area contributed by atoms with E-state index < -0.39 is 0 Å². The Morgan fingerprint density at radius 3 is 2.61 bits per heavy atom. The van der Waals surface area contributed by atoms with Gasteiger partial charge in [-0.2, -0.15) is 0 Å². The number of hydrogen-bond acceptors (Lipinski definition) is 1. The Kier molecular flexibility index (Phi) is 3.48. The van der Waals surface area contributed by atoms with Crippen LogP contribution in [0, 0.1) is 11.7 Å². The third-order valence-electron chi connectivity index (χ3n) is 5.29. The molecule has 1 N–H and O–H groups in total. The van der Waals surface area contributed by atoms with Crippen LogP contribution < -0.4 is 5.32 Å². The fraction of sp³-hybridized carbons (Fsp3) is 0.333. The van der Waals surface area contributed by atoms with E-state index in [1.54, 1.807) is 12.1 Å². The molecule has 0 radical (unpaired) electrons. The molecule has 1 heterocycles. The molecule has 2 aliphatic rings. The minimum atomic E-state index is -0.149. The average molecular weight is 307 g/mol. The zero-order chi connectivity index (χ0) is 16.0. The van der Waals surface area contributed by atoms with Gasteiger partial charge in [0, 0.05) is 11.6 Å². The number of anilines is 1. The number of halogens is 1. The number of benzene rings is 2. The van der Waals surface area contributed by atoms with Gasteiger partial charge >= 0.3 is 0 Å². The molecule has 2 aromatic carbocycles. The molecule has 0 fully saturated rings. The third kappa shape index (κ3) is 2.46. The Morgan fingerprint density at radius 2 is 1.87 bits per heavy atom. The standard InChI is InChI=1S/C21H22FN/c1-13(2)14-6-8-15(9-7-14)21-18-5-3-4-17(18)19-12-16(22)10-11-20(19)23-21/h3-4,6-13,17-18,21,23H,5H2,1-2H3/t17-,18+,21-/m0/s1. The van der Waals surface area contributed by atoms with Gasteiger partial charge in [0.25, 0.3) is 0 Å². The largest absolute Gasteiger partial charge is 0.378 e. The maximum absolute atomic E-state index is 13.6. The van der Waals surface area contributed by atoms with E-state index in [4.69, 9.17) is 0 Å². The van der Waals surface area contributed by atoms with Crippen LogP contribution in [0.5, 0.6) is 0 Å². The van der Waals surface area contributed by atoms with Crippen molar-refractivity contribution in [1.82, 2.24) is 0 Å². The molecule has 3 atom stereocenters. The lowest BCUT2D eigenvalue weighted by molar-refractivity contribution is 0.424. The molecule has 1 nitrogen and oxygen atoms in total. The first-order chi connectivity index (χ1) is 11.1. The van der Waals surface area contributed by atoms with E-state index in [0.29, 0.717) is 17.8 Å². The van der Waals surface area contributed by atoms with E-state index in [0.717, 1.165) is 17.7 Å². The summed E-state index contributed by atoms with van der Waals surface area (Å²) in [6, 6.07) is 14.4. The second-order valence-electron chi connectivity index (χ2n) is 7.03. The van der Waals surface area contributed by atoms with Crippen LogP contribution in [0.4, 0.5) is 10.1 Å². The maximum atomic E-state index is 13.6. The molecule has 4 rings (SSSR count). The zero-order valence-corrected chi connectivity index (χ0v) is 13.6. The SMILES string of the molecule is CC(C)c1ccc([C@@H]2Nc3ccc(F)cc3[C@H]3C=CC[C@H]32)cc1. The number of hydrogen-bond donors (Lipinski definition) is 1. The van der Waals surface area contributed by atoms with Gasteiger partial charge in [0.2, 0.25) is 0 Å². The minimum Gasteiger partial charge on any atom is -0.378 e. The van der Waals surface area contributed by atoms with E-state index in [1.807, 2.05) is 6.07 Å². The molecule has 0 bridgehead atoms. The first-order valence-corrected chi connectivity index (χ1v) is 8.46. The molecular formula is C21H22FN. The number of nitrogens with one attached hydrogen (secondary N) is 1. The predicted octanol–water partition coefficient (Wildman–Crippen LogP) is 5.78. The minimum absolute atomic E-state index is 0.149. The Morgan fingerprint density at radius 1 is 1.09 bits per heavy atom. The Labute approximate surface area is 137 Å². The van der Waals surface area contributed by atoms with Crippen molar-refractivity contribution in [3.63, 3.8) is 0 Å². The highest BCUT2D eigenvalue weighted by molar-refractivity contribution is 5.59. The number of allylic oxidation sites excluding steroid dienone is 2. The highest BCUT2D eigenvalue weighted by Crippen LogP contribution is 2.49. The van der Waals surface area contributed by atoms with Crippen LogP contribution >= 0.6 is 0 Å². The average Bonchev–Trinajstić information content (AvgIpc) is 3.04. The summed E-state index contributed by atoms with van der Waals surface area (Å²) in [5.74, 6) is 1.18. The lowest BCUT2D eigenvalue weighted by Crippen LogP contribution is -2.29. The summed E-state index contributed by atoms with van der Waals surface area (Å²) in [5, 5.41) is 3.65. The number of rotatable bonds is 2.